The molecule has 6 nitrogen and oxygen atoms in total. The van der Waals surface area contributed by atoms with Crippen LogP contribution in [-0.4, -0.2) is 45.1 Å². The molecular weight excluding hydrogens is 422 g/mol. The number of nitrogens with zero attached hydrogens (tertiary/aromatic N) is 3. The number of carbonyl (C=O) groups is 1. The predicted molar refractivity (Wildman–Crippen MR) is 110 cm³/mol. The van der Waals surface area contributed by atoms with Crippen LogP contribution in [0.4, 0.5) is 0 Å². The van der Waals surface area contributed by atoms with Gasteiger partial charge < -0.3 is 14.7 Å². The number of ether oxygens (including phenoxy) is 1. The van der Waals surface area contributed by atoms with E-state index in [1.54, 1.807) is 17.2 Å². The van der Waals surface area contributed by atoms with Crippen LogP contribution >= 0.6 is 15.9 Å². The van der Waals surface area contributed by atoms with Crippen molar-refractivity contribution >= 4 is 32.7 Å². The third-order valence-electron chi connectivity index (χ3n) is 4.94. The number of hydrogen-bond donors (Lipinski definition) is 1. The zero-order valence-electron chi connectivity index (χ0n) is 15.4. The average Bonchev–Trinajstić information content (AvgIpc) is 2.70. The highest BCUT2D eigenvalue weighted by Crippen LogP contribution is 2.31. The number of hydrogen-bond acceptors (Lipinski definition) is 5. The van der Waals surface area contributed by atoms with Gasteiger partial charge in [-0.15, -0.1) is 0 Å². The van der Waals surface area contributed by atoms with Gasteiger partial charge in [0.2, 0.25) is 5.88 Å². The molecule has 0 atom stereocenters. The molecule has 0 radical (unpaired) electrons. The number of amides is 1. The van der Waals surface area contributed by atoms with Crippen LogP contribution in [0.25, 0.3) is 10.9 Å². The van der Waals surface area contributed by atoms with Gasteiger partial charge >= 0.3 is 0 Å². The highest BCUT2D eigenvalue weighted by molar-refractivity contribution is 9.10. The van der Waals surface area contributed by atoms with Gasteiger partial charge in [0.05, 0.1) is 17.3 Å². The molecule has 3 heterocycles. The van der Waals surface area contributed by atoms with Crippen molar-refractivity contribution in [1.82, 2.24) is 14.9 Å². The average molecular weight is 442 g/mol. The molecule has 0 aliphatic carbocycles. The third kappa shape index (κ3) is 3.67. The summed E-state index contributed by atoms with van der Waals surface area (Å²) in [7, 11) is 0. The van der Waals surface area contributed by atoms with E-state index in [1.807, 2.05) is 31.2 Å². The molecule has 144 valence electrons. The summed E-state index contributed by atoms with van der Waals surface area (Å²) >= 11 is 3.45. The standard InChI is InChI=1S/C21H20BrN3O3/c1-13-5-6-18(23-11-13)28-14-7-9-25(10-8-14)21(27)19-15-3-2-4-16(22)20(15)24-12-17(19)26/h2-6,11-12,14,26H,7-10H2,1H3. The summed E-state index contributed by atoms with van der Waals surface area (Å²) in [6.45, 7) is 3.11. The van der Waals surface area contributed by atoms with Crippen molar-refractivity contribution in [2.45, 2.75) is 25.9 Å². The number of para-hydroxylation sites is 1. The lowest BCUT2D eigenvalue weighted by Gasteiger charge is -2.32. The van der Waals surface area contributed by atoms with Gasteiger partial charge in [-0.2, -0.15) is 0 Å². The number of likely N-dealkylation sites (tertiary alicyclic amines) is 1. The van der Waals surface area contributed by atoms with Gasteiger partial charge in [-0.25, -0.2) is 4.98 Å². The first-order chi connectivity index (χ1) is 13.5. The van der Waals surface area contributed by atoms with Gasteiger partial charge in [-0.3, -0.25) is 9.78 Å². The number of piperidine rings is 1. The topological polar surface area (TPSA) is 75.5 Å². The van der Waals surface area contributed by atoms with E-state index in [0.29, 0.717) is 35.4 Å². The fraction of sp³-hybridized carbons (Fsp3) is 0.286. The molecule has 0 bridgehead atoms. The first-order valence-electron chi connectivity index (χ1n) is 9.17. The van der Waals surface area contributed by atoms with E-state index in [4.69, 9.17) is 4.74 Å². The summed E-state index contributed by atoms with van der Waals surface area (Å²) in [5.41, 5.74) is 2.04. The number of aromatic hydroxyl groups is 1. The number of benzene rings is 1. The largest absolute Gasteiger partial charge is 0.505 e. The first-order valence-corrected chi connectivity index (χ1v) is 9.97. The summed E-state index contributed by atoms with van der Waals surface area (Å²) < 4.78 is 6.73. The Bertz CT molecular complexity index is 1020. The molecule has 1 fully saturated rings. The molecule has 1 saturated heterocycles. The number of fused-ring (bicyclic) bond motifs is 1. The van der Waals surface area contributed by atoms with Gasteiger partial charge in [0.25, 0.3) is 5.91 Å². The smallest absolute Gasteiger partial charge is 0.258 e. The molecular formula is C21H20BrN3O3. The van der Waals surface area contributed by atoms with Crippen molar-refractivity contribution in [1.29, 1.82) is 0 Å². The van der Waals surface area contributed by atoms with Crippen LogP contribution in [0.5, 0.6) is 11.6 Å². The van der Waals surface area contributed by atoms with Crippen molar-refractivity contribution in [3.05, 3.63) is 58.3 Å². The Hall–Kier alpha value is -2.67. The first kappa shape index (κ1) is 18.7. The minimum atomic E-state index is -0.185. The Morgan fingerprint density at radius 3 is 2.68 bits per heavy atom. The lowest BCUT2D eigenvalue weighted by Crippen LogP contribution is -2.42. The molecule has 0 unspecified atom stereocenters. The lowest BCUT2D eigenvalue weighted by atomic mass is 10.0. The summed E-state index contributed by atoms with van der Waals surface area (Å²) in [6, 6.07) is 9.34. The molecule has 4 rings (SSSR count). The zero-order chi connectivity index (χ0) is 19.7. The minimum absolute atomic E-state index is 0.0242. The Balaban J connectivity index is 1.49. The highest BCUT2D eigenvalue weighted by Gasteiger charge is 2.28. The SMILES string of the molecule is Cc1ccc(OC2CCN(C(=O)c3c(O)cnc4c(Br)cccc34)CC2)nc1. The maximum absolute atomic E-state index is 13.1. The molecule has 0 saturated carbocycles. The van der Waals surface area contributed by atoms with E-state index in [9.17, 15) is 9.90 Å². The summed E-state index contributed by atoms with van der Waals surface area (Å²) in [6.07, 6.45) is 4.57. The van der Waals surface area contributed by atoms with Crippen LogP contribution in [0, 0.1) is 6.92 Å². The quantitative estimate of drug-likeness (QED) is 0.662. The number of aromatic nitrogens is 2. The summed E-state index contributed by atoms with van der Waals surface area (Å²) in [5, 5.41) is 11.0. The Labute approximate surface area is 171 Å². The molecule has 1 N–H and O–H groups in total. The second-order valence-electron chi connectivity index (χ2n) is 6.94. The zero-order valence-corrected chi connectivity index (χ0v) is 17.0. The monoisotopic (exact) mass is 441 g/mol. The van der Waals surface area contributed by atoms with Crippen LogP contribution < -0.4 is 4.74 Å². The predicted octanol–water partition coefficient (Wildman–Crippen LogP) is 4.09. The molecule has 3 aromatic rings. The normalized spacial score (nSPS) is 15.0. The number of aryl methyl sites for hydroxylation is 1. The van der Waals surface area contributed by atoms with Crippen LogP contribution in [-0.2, 0) is 0 Å². The van der Waals surface area contributed by atoms with Crippen LogP contribution in [0.3, 0.4) is 0 Å². The van der Waals surface area contributed by atoms with Crippen molar-refractivity contribution in [2.24, 2.45) is 0 Å². The van der Waals surface area contributed by atoms with E-state index in [-0.39, 0.29) is 17.8 Å². The number of rotatable bonds is 3. The van der Waals surface area contributed by atoms with E-state index in [0.717, 1.165) is 22.9 Å². The van der Waals surface area contributed by atoms with Gasteiger partial charge in [0, 0.05) is 48.1 Å². The molecule has 1 amide bonds. The third-order valence-corrected chi connectivity index (χ3v) is 5.58. The van der Waals surface area contributed by atoms with Crippen molar-refractivity contribution in [3.8, 4) is 11.6 Å². The molecule has 1 aliphatic rings. The fourth-order valence-electron chi connectivity index (χ4n) is 3.43. The molecule has 0 spiro atoms. The molecule has 1 aliphatic heterocycles. The van der Waals surface area contributed by atoms with E-state index >= 15 is 0 Å². The van der Waals surface area contributed by atoms with Crippen molar-refractivity contribution in [2.75, 3.05) is 13.1 Å². The second kappa shape index (κ2) is 7.75. The Kier molecular flexibility index (Phi) is 5.17. The molecule has 28 heavy (non-hydrogen) atoms. The molecule has 7 heteroatoms. The maximum atomic E-state index is 13.1. The van der Waals surface area contributed by atoms with Crippen molar-refractivity contribution < 1.29 is 14.6 Å². The number of pyridine rings is 2. The van der Waals surface area contributed by atoms with E-state index < -0.39 is 0 Å². The minimum Gasteiger partial charge on any atom is -0.505 e. The van der Waals surface area contributed by atoms with Gasteiger partial charge in [0.15, 0.2) is 0 Å². The lowest BCUT2D eigenvalue weighted by molar-refractivity contribution is 0.0587. The fourth-order valence-corrected chi connectivity index (χ4v) is 3.90. The number of carbonyl (C=O) groups excluding carboxylic acids is 1. The number of halogens is 1. The van der Waals surface area contributed by atoms with Gasteiger partial charge in [-0.1, -0.05) is 18.2 Å². The molecule has 1 aromatic carbocycles. The second-order valence-corrected chi connectivity index (χ2v) is 7.79. The van der Waals surface area contributed by atoms with Crippen LogP contribution in [0.15, 0.2) is 47.2 Å². The highest BCUT2D eigenvalue weighted by atomic mass is 79.9. The Morgan fingerprint density at radius 1 is 1.18 bits per heavy atom. The van der Waals surface area contributed by atoms with Gasteiger partial charge in [-0.05, 0) is 34.5 Å². The van der Waals surface area contributed by atoms with Gasteiger partial charge in [0.1, 0.15) is 11.9 Å². The Morgan fingerprint density at radius 2 is 1.96 bits per heavy atom. The maximum Gasteiger partial charge on any atom is 0.258 e. The van der Waals surface area contributed by atoms with Crippen molar-refractivity contribution in [3.63, 3.8) is 0 Å². The van der Waals surface area contributed by atoms with Crippen LogP contribution in [0.2, 0.25) is 0 Å². The summed E-state index contributed by atoms with van der Waals surface area (Å²) in [5.74, 6) is 0.325. The van der Waals surface area contributed by atoms with E-state index in [2.05, 4.69) is 25.9 Å². The van der Waals surface area contributed by atoms with Crippen LogP contribution in [0.1, 0.15) is 28.8 Å². The summed E-state index contributed by atoms with van der Waals surface area (Å²) in [4.78, 5) is 23.4. The molecule has 2 aromatic heterocycles. The van der Waals surface area contributed by atoms with E-state index in [1.165, 1.54) is 6.20 Å².